The second-order valence-corrected chi connectivity index (χ2v) is 4.38. The quantitative estimate of drug-likeness (QED) is 0.609. The van der Waals surface area contributed by atoms with Gasteiger partial charge in [0.1, 0.15) is 0 Å². The zero-order chi connectivity index (χ0) is 10.8. The third kappa shape index (κ3) is 2.30. The Morgan fingerprint density at radius 2 is 2.27 bits per heavy atom. The van der Waals surface area contributed by atoms with Crippen molar-refractivity contribution in [3.05, 3.63) is 0 Å². The highest BCUT2D eigenvalue weighted by molar-refractivity contribution is 5.78. The molecule has 15 heavy (non-hydrogen) atoms. The van der Waals surface area contributed by atoms with Gasteiger partial charge in [-0.25, -0.2) is 0 Å². The maximum atomic E-state index is 11.4. The molecule has 0 bridgehead atoms. The van der Waals surface area contributed by atoms with Gasteiger partial charge >= 0.3 is 0 Å². The zero-order valence-electron chi connectivity index (χ0n) is 8.80. The smallest absolute Gasteiger partial charge is 0.222 e. The van der Waals surface area contributed by atoms with Gasteiger partial charge in [-0.3, -0.25) is 9.69 Å². The molecule has 2 aliphatic rings. The summed E-state index contributed by atoms with van der Waals surface area (Å²) in [6, 6.07) is 0.331. The highest BCUT2D eigenvalue weighted by atomic mass is 16.3. The number of hydrogen-bond donors (Lipinski definition) is 2. The third-order valence-electron chi connectivity index (χ3n) is 3.26. The number of rotatable bonds is 3. The van der Waals surface area contributed by atoms with Crippen LogP contribution in [-0.4, -0.2) is 70.9 Å². The number of piperazine rings is 1. The lowest BCUT2D eigenvalue weighted by Crippen LogP contribution is -2.53. The van der Waals surface area contributed by atoms with Crippen LogP contribution in [0.1, 0.15) is 12.8 Å². The van der Waals surface area contributed by atoms with Crippen molar-refractivity contribution < 1.29 is 15.0 Å². The Morgan fingerprint density at radius 3 is 3.00 bits per heavy atom. The van der Waals surface area contributed by atoms with Gasteiger partial charge in [0.2, 0.25) is 5.91 Å². The van der Waals surface area contributed by atoms with E-state index in [0.29, 0.717) is 19.0 Å². The molecule has 2 saturated heterocycles. The lowest BCUT2D eigenvalue weighted by atomic mass is 10.1. The summed E-state index contributed by atoms with van der Waals surface area (Å²) in [4.78, 5) is 15.5. The van der Waals surface area contributed by atoms with Gasteiger partial charge in [0.25, 0.3) is 0 Å². The molecule has 5 nitrogen and oxygen atoms in total. The van der Waals surface area contributed by atoms with Crippen LogP contribution in [0.5, 0.6) is 0 Å². The van der Waals surface area contributed by atoms with E-state index in [1.807, 2.05) is 4.90 Å². The molecule has 0 radical (unpaired) electrons. The summed E-state index contributed by atoms with van der Waals surface area (Å²) in [5, 5.41) is 18.1. The van der Waals surface area contributed by atoms with Gasteiger partial charge in [-0.1, -0.05) is 0 Å². The minimum absolute atomic E-state index is 0.191. The molecule has 2 heterocycles. The van der Waals surface area contributed by atoms with Crippen molar-refractivity contribution in [3.63, 3.8) is 0 Å². The monoisotopic (exact) mass is 214 g/mol. The zero-order valence-corrected chi connectivity index (χ0v) is 8.80. The molecule has 2 rings (SSSR count). The Morgan fingerprint density at radius 1 is 1.47 bits per heavy atom. The van der Waals surface area contributed by atoms with E-state index in [1.165, 1.54) is 0 Å². The first-order valence-electron chi connectivity index (χ1n) is 5.51. The average molecular weight is 214 g/mol. The molecule has 0 aliphatic carbocycles. The number of β-amino-alcohol motifs (C(OH)–C–C–N with tert-alkyl or cyclic N) is 1. The van der Waals surface area contributed by atoms with Crippen LogP contribution in [0.15, 0.2) is 0 Å². The van der Waals surface area contributed by atoms with Crippen molar-refractivity contribution >= 4 is 5.91 Å². The van der Waals surface area contributed by atoms with Crippen LogP contribution in [0.4, 0.5) is 0 Å². The Labute approximate surface area is 89.3 Å². The van der Waals surface area contributed by atoms with Crippen LogP contribution >= 0.6 is 0 Å². The van der Waals surface area contributed by atoms with Gasteiger partial charge in [-0.2, -0.15) is 0 Å². The van der Waals surface area contributed by atoms with Gasteiger partial charge in [-0.15, -0.1) is 0 Å². The highest BCUT2D eigenvalue weighted by Gasteiger charge is 2.35. The summed E-state index contributed by atoms with van der Waals surface area (Å²) in [5.41, 5.74) is 0. The summed E-state index contributed by atoms with van der Waals surface area (Å²) < 4.78 is 0. The van der Waals surface area contributed by atoms with Crippen molar-refractivity contribution in [1.29, 1.82) is 0 Å². The molecule has 2 unspecified atom stereocenters. The van der Waals surface area contributed by atoms with E-state index in [9.17, 15) is 9.90 Å². The lowest BCUT2D eigenvalue weighted by molar-refractivity contribution is -0.130. The highest BCUT2D eigenvalue weighted by Crippen LogP contribution is 2.22. The van der Waals surface area contributed by atoms with Crippen LogP contribution in [0.2, 0.25) is 0 Å². The van der Waals surface area contributed by atoms with Crippen molar-refractivity contribution in [2.45, 2.75) is 25.0 Å². The van der Waals surface area contributed by atoms with Crippen LogP contribution in [0, 0.1) is 0 Å². The standard InChI is InChI=1S/C10H18N2O3/c13-7-9(14)6-11-3-4-12-8(5-11)1-2-10(12)15/h8-9,13-14H,1-7H2. The molecule has 2 fully saturated rings. The number of aliphatic hydroxyl groups is 2. The largest absolute Gasteiger partial charge is 0.394 e. The molecule has 5 heteroatoms. The number of aliphatic hydroxyl groups excluding tert-OH is 2. The van der Waals surface area contributed by atoms with E-state index >= 15 is 0 Å². The van der Waals surface area contributed by atoms with E-state index in [1.54, 1.807) is 0 Å². The number of fused-ring (bicyclic) bond motifs is 1. The van der Waals surface area contributed by atoms with Gasteiger partial charge < -0.3 is 15.1 Å². The summed E-state index contributed by atoms with van der Waals surface area (Å²) >= 11 is 0. The Kier molecular flexibility index (Phi) is 3.23. The maximum absolute atomic E-state index is 11.4. The second-order valence-electron chi connectivity index (χ2n) is 4.38. The molecule has 1 amide bonds. The predicted molar refractivity (Wildman–Crippen MR) is 54.3 cm³/mol. The SMILES string of the molecule is O=C1CCC2CN(CC(O)CO)CCN12. The molecule has 2 N–H and O–H groups in total. The number of amides is 1. The van der Waals surface area contributed by atoms with E-state index < -0.39 is 6.10 Å². The number of carbonyl (C=O) groups excluding carboxylic acids is 1. The molecular weight excluding hydrogens is 196 g/mol. The molecule has 86 valence electrons. The van der Waals surface area contributed by atoms with Crippen LogP contribution < -0.4 is 0 Å². The normalized spacial score (nSPS) is 29.3. The summed E-state index contributed by atoms with van der Waals surface area (Å²) in [7, 11) is 0. The molecule has 0 spiro atoms. The first-order valence-corrected chi connectivity index (χ1v) is 5.51. The maximum Gasteiger partial charge on any atom is 0.222 e. The third-order valence-corrected chi connectivity index (χ3v) is 3.26. The molecular formula is C10H18N2O3. The Balaban J connectivity index is 1.85. The fraction of sp³-hybridized carbons (Fsp3) is 0.900. The van der Waals surface area contributed by atoms with E-state index in [0.717, 1.165) is 26.1 Å². The first kappa shape index (κ1) is 10.9. The number of hydrogen-bond acceptors (Lipinski definition) is 4. The predicted octanol–water partition coefficient (Wildman–Crippen LogP) is -1.35. The summed E-state index contributed by atoms with van der Waals surface area (Å²) in [6.07, 6.45) is 0.944. The van der Waals surface area contributed by atoms with Gasteiger partial charge in [-0.05, 0) is 6.42 Å². The fourth-order valence-electron chi connectivity index (χ4n) is 2.45. The first-order chi connectivity index (χ1) is 7.20. The minimum atomic E-state index is -0.659. The van der Waals surface area contributed by atoms with Crippen molar-refractivity contribution in [2.24, 2.45) is 0 Å². The van der Waals surface area contributed by atoms with Crippen molar-refractivity contribution in [1.82, 2.24) is 9.80 Å². The van der Waals surface area contributed by atoms with Gasteiger partial charge in [0.05, 0.1) is 12.7 Å². The van der Waals surface area contributed by atoms with E-state index in [4.69, 9.17) is 5.11 Å². The fourth-order valence-corrected chi connectivity index (χ4v) is 2.45. The van der Waals surface area contributed by atoms with E-state index in [2.05, 4.69) is 4.90 Å². The summed E-state index contributed by atoms with van der Waals surface area (Å²) in [6.45, 7) is 2.72. The van der Waals surface area contributed by atoms with Crippen LogP contribution in [-0.2, 0) is 4.79 Å². The van der Waals surface area contributed by atoms with Gasteiger partial charge in [0, 0.05) is 38.6 Å². The molecule has 2 atom stereocenters. The topological polar surface area (TPSA) is 64.0 Å². The average Bonchev–Trinajstić information content (AvgIpc) is 2.60. The molecule has 2 aliphatic heterocycles. The van der Waals surface area contributed by atoms with Crippen molar-refractivity contribution in [2.75, 3.05) is 32.8 Å². The molecule has 0 saturated carbocycles. The van der Waals surface area contributed by atoms with Crippen LogP contribution in [0.3, 0.4) is 0 Å². The number of nitrogens with zero attached hydrogens (tertiary/aromatic N) is 2. The lowest BCUT2D eigenvalue weighted by Gasteiger charge is -2.38. The van der Waals surface area contributed by atoms with Gasteiger partial charge in [0.15, 0.2) is 0 Å². The molecule has 0 aromatic heterocycles. The second kappa shape index (κ2) is 4.47. The molecule has 0 aromatic carbocycles. The minimum Gasteiger partial charge on any atom is -0.394 e. The van der Waals surface area contributed by atoms with Crippen molar-refractivity contribution in [3.8, 4) is 0 Å². The Hall–Kier alpha value is -0.650. The van der Waals surface area contributed by atoms with E-state index in [-0.39, 0.29) is 12.5 Å². The number of carbonyl (C=O) groups is 1. The molecule has 0 aromatic rings. The van der Waals surface area contributed by atoms with Crippen LogP contribution in [0.25, 0.3) is 0 Å². The Bertz CT molecular complexity index is 247. The summed E-state index contributed by atoms with van der Waals surface area (Å²) in [5.74, 6) is 0.266.